The highest BCUT2D eigenvalue weighted by molar-refractivity contribution is 7.89. The average Bonchev–Trinajstić information content (AvgIpc) is 2.10. The third-order valence-electron chi connectivity index (χ3n) is 0.875. The molecule has 0 atom stereocenters. The zero-order valence-corrected chi connectivity index (χ0v) is 7.44. The van der Waals surface area contributed by atoms with E-state index in [-0.39, 0.29) is 11.6 Å². The fourth-order valence-electron chi connectivity index (χ4n) is 0.561. The second-order valence-electron chi connectivity index (χ2n) is 2.12. The molecule has 11 heavy (non-hydrogen) atoms. The van der Waals surface area contributed by atoms with Crippen LogP contribution in [0, 0.1) is 0 Å². The Balaban J connectivity index is 2.81. The summed E-state index contributed by atoms with van der Waals surface area (Å²) < 4.78 is 25.1. The van der Waals surface area contributed by atoms with E-state index in [2.05, 4.69) is 9.36 Å². The summed E-state index contributed by atoms with van der Waals surface area (Å²) in [4.78, 5) is 3.70. The lowest BCUT2D eigenvalue weighted by Gasteiger charge is -1.88. The van der Waals surface area contributed by atoms with Gasteiger partial charge in [0, 0.05) is 17.8 Å². The van der Waals surface area contributed by atoms with Crippen molar-refractivity contribution in [2.45, 2.75) is 5.75 Å². The van der Waals surface area contributed by atoms with Crippen LogP contribution in [0.1, 0.15) is 5.82 Å². The molecule has 0 bridgehead atoms. The third kappa shape index (κ3) is 2.81. The first-order valence-corrected chi connectivity index (χ1v) is 5.56. The number of nitrogens with zero attached hydrogens (tertiary/aromatic N) is 2. The van der Waals surface area contributed by atoms with Crippen molar-refractivity contribution >= 4 is 26.5 Å². The number of nitrogen functional groups attached to an aromatic ring is 1. The van der Waals surface area contributed by atoms with Gasteiger partial charge < -0.3 is 5.73 Å². The van der Waals surface area contributed by atoms with Crippen molar-refractivity contribution in [3.8, 4) is 0 Å². The smallest absolute Gasteiger partial charge is 0.199 e. The molecular formula is C4H7N3O2S2. The monoisotopic (exact) mass is 193 g/mol. The molecule has 1 heterocycles. The normalized spacial score (nSPS) is 11.7. The molecule has 0 saturated carbocycles. The van der Waals surface area contributed by atoms with Crippen molar-refractivity contribution in [3.63, 3.8) is 0 Å². The molecule has 0 radical (unpaired) electrons. The van der Waals surface area contributed by atoms with Gasteiger partial charge in [-0.3, -0.25) is 0 Å². The Bertz CT molecular complexity index is 342. The predicted molar refractivity (Wildman–Crippen MR) is 42.9 cm³/mol. The molecule has 0 amide bonds. The van der Waals surface area contributed by atoms with Crippen LogP contribution in [-0.4, -0.2) is 24.0 Å². The van der Waals surface area contributed by atoms with Crippen molar-refractivity contribution in [1.82, 2.24) is 9.36 Å². The van der Waals surface area contributed by atoms with Crippen LogP contribution in [0.4, 0.5) is 5.13 Å². The van der Waals surface area contributed by atoms with Gasteiger partial charge in [-0.15, -0.1) is 0 Å². The minimum Gasteiger partial charge on any atom is -0.374 e. The number of anilines is 1. The lowest BCUT2D eigenvalue weighted by atomic mass is 10.7. The Morgan fingerprint density at radius 1 is 1.64 bits per heavy atom. The zero-order chi connectivity index (χ0) is 8.48. The van der Waals surface area contributed by atoms with Crippen molar-refractivity contribution in [3.05, 3.63) is 5.82 Å². The summed E-state index contributed by atoms with van der Waals surface area (Å²) >= 11 is 0.997. The molecule has 2 N–H and O–H groups in total. The minimum absolute atomic E-state index is 0.138. The zero-order valence-electron chi connectivity index (χ0n) is 5.81. The number of rotatable bonds is 2. The fraction of sp³-hybridized carbons (Fsp3) is 0.500. The fourth-order valence-corrected chi connectivity index (χ4v) is 1.69. The molecule has 0 unspecified atom stereocenters. The Hall–Kier alpha value is -0.690. The molecule has 0 aliphatic carbocycles. The highest BCUT2D eigenvalue weighted by Crippen LogP contribution is 2.07. The molecular weight excluding hydrogens is 186 g/mol. The topological polar surface area (TPSA) is 85.9 Å². The Labute approximate surface area is 68.3 Å². The summed E-state index contributed by atoms with van der Waals surface area (Å²) in [5, 5.41) is 0.295. The van der Waals surface area contributed by atoms with Crippen LogP contribution < -0.4 is 5.73 Å². The van der Waals surface area contributed by atoms with Crippen molar-refractivity contribution < 1.29 is 8.42 Å². The Morgan fingerprint density at radius 3 is 2.64 bits per heavy atom. The molecule has 1 aromatic heterocycles. The van der Waals surface area contributed by atoms with E-state index in [9.17, 15) is 8.42 Å². The molecule has 1 aromatic rings. The van der Waals surface area contributed by atoms with Gasteiger partial charge in [0.25, 0.3) is 0 Å². The summed E-state index contributed by atoms with van der Waals surface area (Å²) in [6.45, 7) is 0. The Kier molecular flexibility index (Phi) is 2.10. The Morgan fingerprint density at radius 2 is 2.27 bits per heavy atom. The van der Waals surface area contributed by atoms with E-state index in [0.29, 0.717) is 5.13 Å². The molecule has 1 rings (SSSR count). The summed E-state index contributed by atoms with van der Waals surface area (Å²) in [5.74, 6) is 0.135. The number of nitrogens with two attached hydrogens (primary N) is 1. The van der Waals surface area contributed by atoms with E-state index >= 15 is 0 Å². The van der Waals surface area contributed by atoms with Gasteiger partial charge in [0.15, 0.2) is 20.8 Å². The first-order chi connectivity index (χ1) is 4.97. The van der Waals surface area contributed by atoms with Crippen LogP contribution in [-0.2, 0) is 15.6 Å². The summed E-state index contributed by atoms with van der Waals surface area (Å²) in [5.41, 5.74) is 5.25. The van der Waals surface area contributed by atoms with Crippen LogP contribution in [0.25, 0.3) is 0 Å². The van der Waals surface area contributed by atoms with E-state index in [1.165, 1.54) is 0 Å². The molecule has 0 aromatic carbocycles. The lowest BCUT2D eigenvalue weighted by molar-refractivity contribution is 0.600. The van der Waals surface area contributed by atoms with E-state index in [4.69, 9.17) is 5.73 Å². The van der Waals surface area contributed by atoms with E-state index in [1.807, 2.05) is 0 Å². The number of hydrogen-bond acceptors (Lipinski definition) is 6. The van der Waals surface area contributed by atoms with Gasteiger partial charge >= 0.3 is 0 Å². The van der Waals surface area contributed by atoms with E-state index in [0.717, 1.165) is 17.8 Å². The maximum Gasteiger partial charge on any atom is 0.199 e. The van der Waals surface area contributed by atoms with Crippen molar-refractivity contribution in [1.29, 1.82) is 0 Å². The highest BCUT2D eigenvalue weighted by Gasteiger charge is 2.08. The standard InChI is InChI=1S/C4H7N3O2S2/c1-11(8,9)2-3-6-4(5)10-7-3/h2H2,1H3,(H2,5,6,7). The van der Waals surface area contributed by atoms with E-state index < -0.39 is 9.84 Å². The number of hydrogen-bond donors (Lipinski definition) is 1. The quantitative estimate of drug-likeness (QED) is 0.694. The van der Waals surface area contributed by atoms with Gasteiger partial charge in [-0.05, 0) is 0 Å². The second kappa shape index (κ2) is 2.74. The van der Waals surface area contributed by atoms with Gasteiger partial charge in [-0.25, -0.2) is 13.4 Å². The minimum atomic E-state index is -3.04. The van der Waals surface area contributed by atoms with E-state index in [1.54, 1.807) is 0 Å². The van der Waals surface area contributed by atoms with Crippen LogP contribution in [0.3, 0.4) is 0 Å². The number of aromatic nitrogens is 2. The first kappa shape index (κ1) is 8.41. The summed E-state index contributed by atoms with van der Waals surface area (Å²) in [6.07, 6.45) is 1.13. The summed E-state index contributed by atoms with van der Waals surface area (Å²) in [6, 6.07) is 0. The SMILES string of the molecule is CS(=O)(=O)Cc1nsc(N)n1. The molecule has 7 heteroatoms. The molecule has 0 fully saturated rings. The largest absolute Gasteiger partial charge is 0.374 e. The van der Waals surface area contributed by atoms with Crippen LogP contribution in [0.2, 0.25) is 0 Å². The van der Waals surface area contributed by atoms with Gasteiger partial charge in [0.2, 0.25) is 0 Å². The molecule has 0 saturated heterocycles. The first-order valence-electron chi connectivity index (χ1n) is 2.73. The van der Waals surface area contributed by atoms with Crippen LogP contribution in [0.5, 0.6) is 0 Å². The predicted octanol–water partition coefficient (Wildman–Crippen LogP) is -0.335. The van der Waals surface area contributed by atoms with Gasteiger partial charge in [-0.2, -0.15) is 4.37 Å². The number of sulfone groups is 1. The van der Waals surface area contributed by atoms with Crippen LogP contribution in [0.15, 0.2) is 0 Å². The third-order valence-corrected chi connectivity index (χ3v) is 2.24. The molecule has 0 spiro atoms. The molecule has 5 nitrogen and oxygen atoms in total. The highest BCUT2D eigenvalue weighted by atomic mass is 32.2. The summed E-state index contributed by atoms with van der Waals surface area (Å²) in [7, 11) is -3.04. The van der Waals surface area contributed by atoms with Crippen molar-refractivity contribution in [2.24, 2.45) is 0 Å². The van der Waals surface area contributed by atoms with Gasteiger partial charge in [0.05, 0.1) is 0 Å². The molecule has 0 aliphatic rings. The molecule has 62 valence electrons. The maximum absolute atomic E-state index is 10.7. The second-order valence-corrected chi connectivity index (χ2v) is 5.04. The van der Waals surface area contributed by atoms with Crippen molar-refractivity contribution in [2.75, 3.05) is 12.0 Å². The maximum atomic E-state index is 10.7. The van der Waals surface area contributed by atoms with Crippen LogP contribution >= 0.6 is 11.5 Å². The molecule has 0 aliphatic heterocycles. The lowest BCUT2D eigenvalue weighted by Crippen LogP contribution is -2.02. The van der Waals surface area contributed by atoms with Gasteiger partial charge in [0.1, 0.15) is 5.75 Å². The van der Waals surface area contributed by atoms with Gasteiger partial charge in [-0.1, -0.05) is 0 Å². The average molecular weight is 193 g/mol.